The van der Waals surface area contributed by atoms with E-state index in [4.69, 9.17) is 4.74 Å². The van der Waals surface area contributed by atoms with Gasteiger partial charge in [-0.05, 0) is 25.0 Å². The third-order valence-electron chi connectivity index (χ3n) is 4.46. The Balaban J connectivity index is 1.59. The van der Waals surface area contributed by atoms with Crippen LogP contribution >= 0.6 is 0 Å². The lowest BCUT2D eigenvalue weighted by atomic mass is 10.0. The molecule has 1 aromatic carbocycles. The number of amides is 1. The molecule has 0 N–H and O–H groups in total. The maximum absolute atomic E-state index is 12.9. The molecule has 1 saturated carbocycles. The first-order valence-electron chi connectivity index (χ1n) is 8.23. The van der Waals surface area contributed by atoms with Crippen LogP contribution < -0.4 is 10.3 Å². The second kappa shape index (κ2) is 5.78. The van der Waals surface area contributed by atoms with Crippen molar-refractivity contribution in [1.29, 1.82) is 0 Å². The van der Waals surface area contributed by atoms with Gasteiger partial charge in [-0.3, -0.25) is 9.59 Å². The van der Waals surface area contributed by atoms with Gasteiger partial charge < -0.3 is 9.64 Å². The van der Waals surface area contributed by atoms with Gasteiger partial charge in [-0.15, -0.1) is 0 Å². The highest BCUT2D eigenvalue weighted by atomic mass is 16.5. The summed E-state index contributed by atoms with van der Waals surface area (Å²) in [4.78, 5) is 26.5. The van der Waals surface area contributed by atoms with Crippen molar-refractivity contribution in [1.82, 2.24) is 14.7 Å². The lowest BCUT2D eigenvalue weighted by molar-refractivity contribution is 0.0728. The number of hydrogen-bond donors (Lipinski definition) is 0. The zero-order valence-corrected chi connectivity index (χ0v) is 13.6. The second-order valence-corrected chi connectivity index (χ2v) is 6.37. The van der Waals surface area contributed by atoms with Gasteiger partial charge in [0.15, 0.2) is 0 Å². The maximum atomic E-state index is 12.9. The summed E-state index contributed by atoms with van der Waals surface area (Å²) in [5, 5.41) is 4.29. The summed E-state index contributed by atoms with van der Waals surface area (Å²) in [7, 11) is 1.64. The van der Waals surface area contributed by atoms with Crippen molar-refractivity contribution in [2.24, 2.45) is 7.05 Å². The van der Waals surface area contributed by atoms with Gasteiger partial charge in [0.2, 0.25) is 0 Å². The molecule has 6 heteroatoms. The summed E-state index contributed by atoms with van der Waals surface area (Å²) in [5.74, 6) is 0.593. The minimum absolute atomic E-state index is 0.0578. The van der Waals surface area contributed by atoms with E-state index in [-0.39, 0.29) is 17.6 Å². The molecule has 0 radical (unpaired) electrons. The van der Waals surface area contributed by atoms with Crippen LogP contribution in [0.15, 0.2) is 35.1 Å². The summed E-state index contributed by atoms with van der Waals surface area (Å²) in [5.41, 5.74) is 2.16. The maximum Gasteiger partial charge on any atom is 0.266 e. The fraction of sp³-hybridized carbons (Fsp3) is 0.389. The summed E-state index contributed by atoms with van der Waals surface area (Å²) >= 11 is 0. The molecular formula is C18H19N3O3. The number of carbonyl (C=O) groups excluding carboxylic acids is 1. The molecule has 0 saturated heterocycles. The fourth-order valence-corrected chi connectivity index (χ4v) is 2.95. The largest absolute Gasteiger partial charge is 0.490 e. The van der Waals surface area contributed by atoms with Crippen molar-refractivity contribution in [3.05, 3.63) is 57.5 Å². The molecule has 0 unspecified atom stereocenters. The molecule has 2 aliphatic rings. The summed E-state index contributed by atoms with van der Waals surface area (Å²) in [6, 6.07) is 8.96. The average molecular weight is 325 g/mol. The molecule has 124 valence electrons. The minimum Gasteiger partial charge on any atom is -0.490 e. The highest BCUT2D eigenvalue weighted by molar-refractivity contribution is 5.97. The smallest absolute Gasteiger partial charge is 0.266 e. The topological polar surface area (TPSA) is 64.4 Å². The van der Waals surface area contributed by atoms with Crippen LogP contribution in [0.3, 0.4) is 0 Å². The Labute approximate surface area is 139 Å². The molecule has 1 amide bonds. The molecule has 0 spiro atoms. The molecule has 2 aromatic rings. The van der Waals surface area contributed by atoms with Crippen LogP contribution in [0, 0.1) is 0 Å². The van der Waals surface area contributed by atoms with Crippen LogP contribution in [0.2, 0.25) is 0 Å². The van der Waals surface area contributed by atoms with Crippen molar-refractivity contribution in [3.8, 4) is 5.75 Å². The quantitative estimate of drug-likeness (QED) is 0.858. The lowest BCUT2D eigenvalue weighted by Crippen LogP contribution is -2.38. The standard InChI is InChI=1S/C18H19N3O3/c1-20-17(22)10-12-11-21(9-8-15(12)19-20)18(23)14-4-2-3-5-16(14)24-13-6-7-13/h2-5,10,13H,6-9,11H2,1H3. The van der Waals surface area contributed by atoms with E-state index >= 15 is 0 Å². The zero-order valence-electron chi connectivity index (χ0n) is 13.6. The Morgan fingerprint density at radius 3 is 2.88 bits per heavy atom. The monoisotopic (exact) mass is 325 g/mol. The average Bonchev–Trinajstić information content (AvgIpc) is 3.39. The molecule has 2 heterocycles. The number of hydrogen-bond acceptors (Lipinski definition) is 4. The van der Waals surface area contributed by atoms with Gasteiger partial charge >= 0.3 is 0 Å². The van der Waals surface area contributed by atoms with Gasteiger partial charge in [0, 0.05) is 38.2 Å². The van der Waals surface area contributed by atoms with E-state index in [1.807, 2.05) is 18.2 Å². The number of benzene rings is 1. The molecule has 6 nitrogen and oxygen atoms in total. The van der Waals surface area contributed by atoms with Crippen molar-refractivity contribution in [3.63, 3.8) is 0 Å². The van der Waals surface area contributed by atoms with E-state index < -0.39 is 0 Å². The number of carbonyl (C=O) groups is 1. The molecule has 1 aromatic heterocycles. The SMILES string of the molecule is Cn1nc2c(cc1=O)CN(C(=O)c1ccccc1OC1CC1)CC2. The number of fused-ring (bicyclic) bond motifs is 1. The molecule has 0 bridgehead atoms. The van der Waals surface area contributed by atoms with E-state index in [9.17, 15) is 9.59 Å². The Morgan fingerprint density at radius 2 is 2.08 bits per heavy atom. The second-order valence-electron chi connectivity index (χ2n) is 6.37. The number of para-hydroxylation sites is 1. The van der Waals surface area contributed by atoms with Crippen LogP contribution in [-0.2, 0) is 20.0 Å². The van der Waals surface area contributed by atoms with E-state index in [0.717, 1.165) is 24.1 Å². The number of aryl methyl sites for hydroxylation is 1. The third kappa shape index (κ3) is 2.79. The van der Waals surface area contributed by atoms with Gasteiger partial charge in [0.1, 0.15) is 5.75 Å². The predicted octanol–water partition coefficient (Wildman–Crippen LogP) is 1.52. The third-order valence-corrected chi connectivity index (χ3v) is 4.46. The first-order chi connectivity index (χ1) is 11.6. The molecule has 1 fully saturated rings. The molecule has 1 aliphatic heterocycles. The Hall–Kier alpha value is -2.63. The van der Waals surface area contributed by atoms with Gasteiger partial charge in [0.25, 0.3) is 11.5 Å². The van der Waals surface area contributed by atoms with Crippen molar-refractivity contribution in [2.45, 2.75) is 31.9 Å². The number of rotatable bonds is 3. The van der Waals surface area contributed by atoms with Crippen LogP contribution in [0.5, 0.6) is 5.75 Å². The first-order valence-corrected chi connectivity index (χ1v) is 8.23. The first kappa shape index (κ1) is 14.9. The predicted molar refractivity (Wildman–Crippen MR) is 88.0 cm³/mol. The normalized spacial score (nSPS) is 16.6. The zero-order chi connectivity index (χ0) is 16.7. The molecular weight excluding hydrogens is 306 g/mol. The highest BCUT2D eigenvalue weighted by Gasteiger charge is 2.28. The number of ether oxygens (including phenoxy) is 1. The summed E-state index contributed by atoms with van der Waals surface area (Å²) in [6.45, 7) is 1.00. The van der Waals surface area contributed by atoms with Crippen molar-refractivity contribution < 1.29 is 9.53 Å². The van der Waals surface area contributed by atoms with Gasteiger partial charge in [-0.2, -0.15) is 5.10 Å². The van der Waals surface area contributed by atoms with Crippen molar-refractivity contribution in [2.75, 3.05) is 6.54 Å². The molecule has 4 rings (SSSR count). The molecule has 0 atom stereocenters. The van der Waals surface area contributed by atoms with Crippen LogP contribution in [0.1, 0.15) is 34.5 Å². The molecule has 1 aliphatic carbocycles. The van der Waals surface area contributed by atoms with E-state index in [2.05, 4.69) is 5.10 Å². The van der Waals surface area contributed by atoms with E-state index in [0.29, 0.717) is 30.8 Å². The van der Waals surface area contributed by atoms with Crippen LogP contribution in [0.4, 0.5) is 0 Å². The Morgan fingerprint density at radius 1 is 1.29 bits per heavy atom. The number of aromatic nitrogens is 2. The summed E-state index contributed by atoms with van der Waals surface area (Å²) < 4.78 is 7.20. The van der Waals surface area contributed by atoms with Gasteiger partial charge in [0.05, 0.1) is 17.4 Å². The molecule has 24 heavy (non-hydrogen) atoms. The number of nitrogens with zero attached hydrogens (tertiary/aromatic N) is 3. The van der Waals surface area contributed by atoms with Crippen molar-refractivity contribution >= 4 is 5.91 Å². The van der Waals surface area contributed by atoms with Crippen LogP contribution in [0.25, 0.3) is 0 Å². The lowest BCUT2D eigenvalue weighted by Gasteiger charge is -2.28. The Kier molecular flexibility index (Phi) is 3.59. The fourth-order valence-electron chi connectivity index (χ4n) is 2.95. The van der Waals surface area contributed by atoms with E-state index in [1.165, 1.54) is 4.68 Å². The minimum atomic E-state index is -0.152. The summed E-state index contributed by atoms with van der Waals surface area (Å²) in [6.07, 6.45) is 3.00. The van der Waals surface area contributed by atoms with Gasteiger partial charge in [-0.1, -0.05) is 12.1 Å². The van der Waals surface area contributed by atoms with Gasteiger partial charge in [-0.25, -0.2) is 4.68 Å². The van der Waals surface area contributed by atoms with E-state index in [1.54, 1.807) is 24.1 Å². The van der Waals surface area contributed by atoms with Crippen LogP contribution in [-0.4, -0.2) is 33.2 Å². The Bertz CT molecular complexity index is 855. The highest BCUT2D eigenvalue weighted by Crippen LogP contribution is 2.30.